The Bertz CT molecular complexity index is 1200. The number of benzene rings is 2. The molecule has 2 aromatic carbocycles. The van der Waals surface area contributed by atoms with E-state index < -0.39 is 21.6 Å². The monoisotopic (exact) mass is 455 g/mol. The molecule has 0 aliphatic rings. The van der Waals surface area contributed by atoms with E-state index in [1.165, 1.54) is 12.3 Å². The highest BCUT2D eigenvalue weighted by Gasteiger charge is 2.25. The minimum absolute atomic E-state index is 0.0444. The number of carbonyl (C=O) groups is 1. The van der Waals surface area contributed by atoms with Crippen LogP contribution in [0.5, 0.6) is 17.2 Å². The van der Waals surface area contributed by atoms with Gasteiger partial charge in [0.2, 0.25) is 0 Å². The highest BCUT2D eigenvalue weighted by atomic mass is 32.2. The van der Waals surface area contributed by atoms with Gasteiger partial charge in [-0.15, -0.1) is 0 Å². The van der Waals surface area contributed by atoms with Gasteiger partial charge in [-0.05, 0) is 56.2 Å². The van der Waals surface area contributed by atoms with Gasteiger partial charge in [0.1, 0.15) is 16.4 Å². The highest BCUT2D eigenvalue weighted by molar-refractivity contribution is 7.90. The smallest absolute Gasteiger partial charge is 0.329 e. The van der Waals surface area contributed by atoms with E-state index >= 15 is 0 Å². The first-order valence-electron chi connectivity index (χ1n) is 9.79. The van der Waals surface area contributed by atoms with Crippen molar-refractivity contribution in [1.82, 2.24) is 15.0 Å². The molecule has 8 nitrogen and oxygen atoms in total. The van der Waals surface area contributed by atoms with E-state index in [9.17, 15) is 13.2 Å². The molecule has 1 heterocycles. The lowest BCUT2D eigenvalue weighted by molar-refractivity contribution is 0.237. The molecule has 9 heteroatoms. The molecule has 1 aromatic heterocycles. The zero-order valence-electron chi connectivity index (χ0n) is 18.2. The zero-order valence-corrected chi connectivity index (χ0v) is 19.1. The lowest BCUT2D eigenvalue weighted by Crippen LogP contribution is -2.48. The summed E-state index contributed by atoms with van der Waals surface area (Å²) in [5.41, 5.74) is 1.22. The number of sulfonamides is 1. The normalized spacial score (nSPS) is 11.5. The SMILES string of the molecule is COc1ccc(-c2cccc(Oc3ccncc3S(=O)(=O)NC(=O)NC(C)(C)C)c2)cc1. The first kappa shape index (κ1) is 23.1. The molecule has 0 saturated carbocycles. The molecule has 0 bridgehead atoms. The summed E-state index contributed by atoms with van der Waals surface area (Å²) in [6.07, 6.45) is 2.55. The molecule has 0 spiro atoms. The van der Waals surface area contributed by atoms with Crippen LogP contribution < -0.4 is 19.5 Å². The number of ether oxygens (including phenoxy) is 2. The van der Waals surface area contributed by atoms with Gasteiger partial charge in [-0.3, -0.25) is 4.98 Å². The van der Waals surface area contributed by atoms with E-state index in [2.05, 4.69) is 10.3 Å². The second kappa shape index (κ2) is 9.27. The fourth-order valence-corrected chi connectivity index (χ4v) is 3.83. The molecule has 2 amide bonds. The third kappa shape index (κ3) is 5.98. The maximum Gasteiger partial charge on any atom is 0.329 e. The summed E-state index contributed by atoms with van der Waals surface area (Å²) < 4.78 is 38.6. The average Bonchev–Trinajstić information content (AvgIpc) is 2.72. The maximum atomic E-state index is 12.8. The lowest BCUT2D eigenvalue weighted by atomic mass is 10.1. The Morgan fingerprint density at radius 2 is 1.69 bits per heavy atom. The van der Waals surface area contributed by atoms with Gasteiger partial charge >= 0.3 is 6.03 Å². The summed E-state index contributed by atoms with van der Waals surface area (Å²) in [6, 6.07) is 15.3. The zero-order chi connectivity index (χ0) is 23.4. The third-order valence-corrected chi connectivity index (χ3v) is 5.58. The van der Waals surface area contributed by atoms with Gasteiger partial charge in [0.25, 0.3) is 10.0 Å². The van der Waals surface area contributed by atoms with E-state index in [4.69, 9.17) is 9.47 Å². The number of urea groups is 1. The van der Waals surface area contributed by atoms with Gasteiger partial charge in [0, 0.05) is 17.8 Å². The molecule has 2 N–H and O–H groups in total. The summed E-state index contributed by atoms with van der Waals surface area (Å²) in [5, 5.41) is 2.55. The fraction of sp³-hybridized carbons (Fsp3) is 0.217. The summed E-state index contributed by atoms with van der Waals surface area (Å²) in [4.78, 5) is 15.7. The van der Waals surface area contributed by atoms with E-state index in [1.54, 1.807) is 46.1 Å². The van der Waals surface area contributed by atoms with Crippen molar-refractivity contribution in [1.29, 1.82) is 0 Å². The van der Waals surface area contributed by atoms with Crippen LogP contribution in [-0.4, -0.2) is 32.1 Å². The number of rotatable bonds is 6. The van der Waals surface area contributed by atoms with Crippen LogP contribution in [0.1, 0.15) is 20.8 Å². The van der Waals surface area contributed by atoms with Gasteiger partial charge in [0.15, 0.2) is 5.75 Å². The Kier molecular flexibility index (Phi) is 6.69. The Morgan fingerprint density at radius 1 is 0.969 bits per heavy atom. The van der Waals surface area contributed by atoms with Crippen molar-refractivity contribution in [2.24, 2.45) is 0 Å². The van der Waals surface area contributed by atoms with Gasteiger partial charge < -0.3 is 14.8 Å². The van der Waals surface area contributed by atoms with Crippen LogP contribution in [0.3, 0.4) is 0 Å². The van der Waals surface area contributed by atoms with Crippen LogP contribution in [0.4, 0.5) is 4.79 Å². The molecule has 0 aliphatic carbocycles. The van der Waals surface area contributed by atoms with E-state index in [0.717, 1.165) is 23.1 Å². The minimum Gasteiger partial charge on any atom is -0.497 e. The van der Waals surface area contributed by atoms with Crippen molar-refractivity contribution in [3.05, 3.63) is 67.0 Å². The molecular formula is C23H25N3O5S. The first-order chi connectivity index (χ1) is 15.1. The van der Waals surface area contributed by atoms with E-state index in [0.29, 0.717) is 5.75 Å². The first-order valence-corrected chi connectivity index (χ1v) is 11.3. The number of hydrogen-bond acceptors (Lipinski definition) is 6. The predicted molar refractivity (Wildman–Crippen MR) is 121 cm³/mol. The van der Waals surface area contributed by atoms with E-state index in [1.807, 2.05) is 35.1 Å². The van der Waals surface area contributed by atoms with Crippen molar-refractivity contribution in [2.75, 3.05) is 7.11 Å². The van der Waals surface area contributed by atoms with Crippen LogP contribution in [0.2, 0.25) is 0 Å². The number of aromatic nitrogens is 1. The lowest BCUT2D eigenvalue weighted by Gasteiger charge is -2.21. The largest absolute Gasteiger partial charge is 0.497 e. The summed E-state index contributed by atoms with van der Waals surface area (Å²) >= 11 is 0. The number of hydrogen-bond donors (Lipinski definition) is 2. The Morgan fingerprint density at radius 3 is 2.34 bits per heavy atom. The van der Waals surface area contributed by atoms with Crippen molar-refractivity contribution < 1.29 is 22.7 Å². The number of nitrogens with zero attached hydrogens (tertiary/aromatic N) is 1. The van der Waals surface area contributed by atoms with Crippen molar-refractivity contribution in [3.8, 4) is 28.4 Å². The molecule has 3 aromatic rings. The molecule has 3 rings (SSSR count). The molecule has 168 valence electrons. The quantitative estimate of drug-likeness (QED) is 0.573. The van der Waals surface area contributed by atoms with Crippen LogP contribution in [0, 0.1) is 0 Å². The fourth-order valence-electron chi connectivity index (χ4n) is 2.85. The summed E-state index contributed by atoms with van der Waals surface area (Å²) in [5.74, 6) is 1.22. The molecule has 0 unspecified atom stereocenters. The number of carbonyl (C=O) groups excluding carboxylic acids is 1. The van der Waals surface area contributed by atoms with Crippen LogP contribution in [0.15, 0.2) is 71.9 Å². The van der Waals surface area contributed by atoms with Gasteiger partial charge in [0.05, 0.1) is 13.3 Å². The minimum atomic E-state index is -4.22. The van der Waals surface area contributed by atoms with Crippen LogP contribution in [-0.2, 0) is 10.0 Å². The number of amides is 2. The number of methoxy groups -OCH3 is 1. The van der Waals surface area contributed by atoms with Crippen molar-refractivity contribution in [3.63, 3.8) is 0 Å². The standard InChI is InChI=1S/C23H25N3O5S/c1-23(2,3)25-22(27)26-32(28,29)21-15-24-13-12-20(21)31-19-7-5-6-17(14-19)16-8-10-18(30-4)11-9-16/h5-15H,1-4H3,(H2,25,26,27). The second-order valence-electron chi connectivity index (χ2n) is 7.99. The summed E-state index contributed by atoms with van der Waals surface area (Å²) in [7, 11) is -2.61. The highest BCUT2D eigenvalue weighted by Crippen LogP contribution is 2.31. The molecule has 32 heavy (non-hydrogen) atoms. The van der Waals surface area contributed by atoms with Gasteiger partial charge in [-0.1, -0.05) is 24.3 Å². The number of pyridine rings is 1. The average molecular weight is 456 g/mol. The number of nitrogens with one attached hydrogen (secondary N) is 2. The molecule has 0 saturated heterocycles. The second-order valence-corrected chi connectivity index (χ2v) is 9.64. The van der Waals surface area contributed by atoms with Gasteiger partial charge in [-0.2, -0.15) is 0 Å². The molecular weight excluding hydrogens is 430 g/mol. The maximum absolute atomic E-state index is 12.8. The van der Waals surface area contributed by atoms with Crippen LogP contribution >= 0.6 is 0 Å². The van der Waals surface area contributed by atoms with Crippen molar-refractivity contribution in [2.45, 2.75) is 31.2 Å². The third-order valence-electron chi connectivity index (χ3n) is 4.24. The van der Waals surface area contributed by atoms with Crippen molar-refractivity contribution >= 4 is 16.1 Å². The molecule has 0 aliphatic heterocycles. The predicted octanol–water partition coefficient (Wildman–Crippen LogP) is 4.34. The van der Waals surface area contributed by atoms with E-state index in [-0.39, 0.29) is 10.6 Å². The Balaban J connectivity index is 1.85. The molecule has 0 radical (unpaired) electrons. The topological polar surface area (TPSA) is 107 Å². The summed E-state index contributed by atoms with van der Waals surface area (Å²) in [6.45, 7) is 5.23. The molecule has 0 atom stereocenters. The van der Waals surface area contributed by atoms with Crippen LogP contribution in [0.25, 0.3) is 11.1 Å². The molecule has 0 fully saturated rings. The van der Waals surface area contributed by atoms with Gasteiger partial charge in [-0.25, -0.2) is 17.9 Å². The Hall–Kier alpha value is -3.59. The Labute approximate surface area is 187 Å².